The third-order valence-electron chi connectivity index (χ3n) is 5.24. The molecule has 1 heterocycles. The Morgan fingerprint density at radius 2 is 1.30 bits per heavy atom. The maximum absolute atomic E-state index is 11.8. The largest absolute Gasteiger partial charge is 0.463 e. The van der Waals surface area contributed by atoms with E-state index in [0.717, 1.165) is 33.1 Å². The molecule has 0 bridgehead atoms. The van der Waals surface area contributed by atoms with Gasteiger partial charge in [-0.2, -0.15) is 0 Å². The zero-order valence-electron chi connectivity index (χ0n) is 17.8. The van der Waals surface area contributed by atoms with Gasteiger partial charge in [-0.25, -0.2) is 0 Å². The Hall–Kier alpha value is -2.20. The minimum atomic E-state index is -1.35. The van der Waals surface area contributed by atoms with E-state index in [1.807, 2.05) is 0 Å². The summed E-state index contributed by atoms with van der Waals surface area (Å²) in [5.41, 5.74) is -1.35. The van der Waals surface area contributed by atoms with Crippen molar-refractivity contribution in [1.29, 1.82) is 0 Å². The molecule has 30 heavy (non-hydrogen) atoms. The van der Waals surface area contributed by atoms with Crippen LogP contribution in [0.4, 0.5) is 0 Å². The average molecular weight is 430 g/mol. The first-order chi connectivity index (χ1) is 14.0. The standard InChI is InChI=1S/C20H30O10/c1-11(21)26-10-15-16(27-12(2)22)17(28-13(3)23)18(29-14(4)24)19(30-15)20(25)8-6-5-7-9-20/h15-19,25H,5-10H2,1-4H3/t15-,16-,17+,18-,19-/m1/s1. The third-order valence-corrected chi connectivity index (χ3v) is 5.24. The molecule has 0 spiro atoms. The molecular weight excluding hydrogens is 400 g/mol. The number of aliphatic hydroxyl groups is 1. The van der Waals surface area contributed by atoms with Crippen molar-refractivity contribution >= 4 is 23.9 Å². The molecule has 0 unspecified atom stereocenters. The van der Waals surface area contributed by atoms with E-state index >= 15 is 0 Å². The Balaban J connectivity index is 2.47. The van der Waals surface area contributed by atoms with Crippen LogP contribution in [-0.2, 0) is 42.9 Å². The van der Waals surface area contributed by atoms with Gasteiger partial charge in [0.2, 0.25) is 0 Å². The lowest BCUT2D eigenvalue weighted by molar-refractivity contribution is -0.285. The molecule has 170 valence electrons. The smallest absolute Gasteiger partial charge is 0.303 e. The van der Waals surface area contributed by atoms with Gasteiger partial charge in [0.15, 0.2) is 18.3 Å². The van der Waals surface area contributed by atoms with Crippen molar-refractivity contribution in [3.05, 3.63) is 0 Å². The Kier molecular flexibility index (Phi) is 8.19. The molecule has 0 radical (unpaired) electrons. The number of rotatable bonds is 6. The van der Waals surface area contributed by atoms with Crippen molar-refractivity contribution in [3.63, 3.8) is 0 Å². The second-order valence-corrected chi connectivity index (χ2v) is 7.78. The number of carbonyl (C=O) groups excluding carboxylic acids is 4. The normalized spacial score (nSPS) is 30.6. The highest BCUT2D eigenvalue weighted by molar-refractivity contribution is 5.68. The summed E-state index contributed by atoms with van der Waals surface area (Å²) in [6.07, 6.45) is -2.59. The molecule has 10 nitrogen and oxygen atoms in total. The topological polar surface area (TPSA) is 135 Å². The van der Waals surface area contributed by atoms with Gasteiger partial charge in [-0.1, -0.05) is 19.3 Å². The molecule has 0 amide bonds. The Morgan fingerprint density at radius 1 is 0.800 bits per heavy atom. The molecule has 1 aliphatic heterocycles. The van der Waals surface area contributed by atoms with Crippen LogP contribution in [0.5, 0.6) is 0 Å². The molecule has 10 heteroatoms. The number of hydrogen-bond acceptors (Lipinski definition) is 10. The number of esters is 4. The van der Waals surface area contributed by atoms with E-state index in [-0.39, 0.29) is 6.61 Å². The van der Waals surface area contributed by atoms with Gasteiger partial charge in [0.1, 0.15) is 18.8 Å². The fourth-order valence-electron chi connectivity index (χ4n) is 4.11. The molecule has 0 aromatic carbocycles. The van der Waals surface area contributed by atoms with Crippen LogP contribution in [0.15, 0.2) is 0 Å². The average Bonchev–Trinajstić information content (AvgIpc) is 2.62. The van der Waals surface area contributed by atoms with E-state index in [4.69, 9.17) is 23.7 Å². The zero-order valence-corrected chi connectivity index (χ0v) is 17.8. The summed E-state index contributed by atoms with van der Waals surface area (Å²) in [5.74, 6) is -2.65. The van der Waals surface area contributed by atoms with Gasteiger partial charge in [0.25, 0.3) is 0 Å². The summed E-state index contributed by atoms with van der Waals surface area (Å²) < 4.78 is 27.2. The quantitative estimate of drug-likeness (QED) is 0.476. The lowest BCUT2D eigenvalue weighted by atomic mass is 9.75. The Bertz CT molecular complexity index is 654. The molecular formula is C20H30O10. The Morgan fingerprint density at radius 3 is 1.80 bits per heavy atom. The van der Waals surface area contributed by atoms with E-state index in [1.165, 1.54) is 13.8 Å². The monoisotopic (exact) mass is 430 g/mol. The molecule has 1 saturated heterocycles. The predicted octanol–water partition coefficient (Wildman–Crippen LogP) is 0.807. The van der Waals surface area contributed by atoms with Gasteiger partial charge >= 0.3 is 23.9 Å². The van der Waals surface area contributed by atoms with Crippen molar-refractivity contribution in [2.75, 3.05) is 6.61 Å². The number of hydrogen-bond donors (Lipinski definition) is 1. The minimum absolute atomic E-state index is 0.301. The SMILES string of the molecule is CC(=O)OC[C@H]1O[C@@H](C2(O)CCCCC2)[C@H](OC(C)=O)[C@@H](OC(C)=O)[C@@H]1OC(C)=O. The van der Waals surface area contributed by atoms with Crippen LogP contribution in [0.3, 0.4) is 0 Å². The van der Waals surface area contributed by atoms with Crippen LogP contribution in [0.1, 0.15) is 59.8 Å². The summed E-state index contributed by atoms with van der Waals surface area (Å²) >= 11 is 0. The highest BCUT2D eigenvalue weighted by atomic mass is 16.7. The molecule has 1 N–H and O–H groups in total. The van der Waals surface area contributed by atoms with E-state index < -0.39 is 60.0 Å². The van der Waals surface area contributed by atoms with Gasteiger partial charge in [-0.15, -0.1) is 0 Å². The molecule has 0 aromatic heterocycles. The minimum Gasteiger partial charge on any atom is -0.463 e. The van der Waals surface area contributed by atoms with Crippen molar-refractivity contribution in [1.82, 2.24) is 0 Å². The first-order valence-corrected chi connectivity index (χ1v) is 10.1. The molecule has 0 aromatic rings. The zero-order chi connectivity index (χ0) is 22.5. The highest BCUT2D eigenvalue weighted by Gasteiger charge is 2.58. The van der Waals surface area contributed by atoms with Crippen molar-refractivity contribution in [2.45, 2.75) is 95.9 Å². The van der Waals surface area contributed by atoms with Gasteiger partial charge in [-0.3, -0.25) is 19.2 Å². The van der Waals surface area contributed by atoms with Crippen molar-refractivity contribution in [2.24, 2.45) is 0 Å². The number of ether oxygens (including phenoxy) is 5. The second kappa shape index (κ2) is 10.2. The van der Waals surface area contributed by atoms with Crippen LogP contribution in [0, 0.1) is 0 Å². The van der Waals surface area contributed by atoms with Crippen LogP contribution in [-0.4, -0.2) is 71.7 Å². The van der Waals surface area contributed by atoms with E-state index in [0.29, 0.717) is 12.8 Å². The van der Waals surface area contributed by atoms with E-state index in [1.54, 1.807) is 0 Å². The van der Waals surface area contributed by atoms with Crippen molar-refractivity contribution in [3.8, 4) is 0 Å². The summed E-state index contributed by atoms with van der Waals surface area (Å²) in [6.45, 7) is 4.41. The first-order valence-electron chi connectivity index (χ1n) is 10.1. The van der Waals surface area contributed by atoms with Gasteiger partial charge < -0.3 is 28.8 Å². The fraction of sp³-hybridized carbons (Fsp3) is 0.800. The third kappa shape index (κ3) is 6.15. The lowest BCUT2D eigenvalue weighted by Crippen LogP contribution is -2.68. The highest BCUT2D eigenvalue weighted by Crippen LogP contribution is 2.40. The second-order valence-electron chi connectivity index (χ2n) is 7.78. The maximum atomic E-state index is 11.8. The molecule has 5 atom stereocenters. The summed E-state index contributed by atoms with van der Waals surface area (Å²) in [5, 5.41) is 11.3. The maximum Gasteiger partial charge on any atom is 0.303 e. The predicted molar refractivity (Wildman–Crippen MR) is 100.0 cm³/mol. The van der Waals surface area contributed by atoms with Crippen LogP contribution in [0.2, 0.25) is 0 Å². The number of carbonyl (C=O) groups is 4. The lowest BCUT2D eigenvalue weighted by Gasteiger charge is -2.50. The van der Waals surface area contributed by atoms with Crippen LogP contribution in [0.25, 0.3) is 0 Å². The fourth-order valence-corrected chi connectivity index (χ4v) is 4.11. The first kappa shape index (κ1) is 24.1. The van der Waals surface area contributed by atoms with Crippen LogP contribution >= 0.6 is 0 Å². The van der Waals surface area contributed by atoms with Gasteiger partial charge in [0, 0.05) is 27.7 Å². The summed E-state index contributed by atoms with van der Waals surface area (Å²) in [7, 11) is 0. The van der Waals surface area contributed by atoms with E-state index in [9.17, 15) is 24.3 Å². The molecule has 2 aliphatic rings. The van der Waals surface area contributed by atoms with Crippen molar-refractivity contribution < 1.29 is 48.0 Å². The summed E-state index contributed by atoms with van der Waals surface area (Å²) in [4.78, 5) is 46.7. The summed E-state index contributed by atoms with van der Waals surface area (Å²) in [6, 6.07) is 0. The van der Waals surface area contributed by atoms with Gasteiger partial charge in [-0.05, 0) is 12.8 Å². The van der Waals surface area contributed by atoms with E-state index in [2.05, 4.69) is 0 Å². The van der Waals surface area contributed by atoms with Gasteiger partial charge in [0.05, 0.1) is 5.60 Å². The Labute approximate surface area is 175 Å². The molecule has 1 aliphatic carbocycles. The molecule has 2 fully saturated rings. The molecule has 2 rings (SSSR count). The molecule has 1 saturated carbocycles. The van der Waals surface area contributed by atoms with Crippen LogP contribution < -0.4 is 0 Å².